The Morgan fingerprint density at radius 2 is 2.21 bits per heavy atom. The molecule has 0 fully saturated rings. The highest BCUT2D eigenvalue weighted by atomic mass is 35.5. The van der Waals surface area contributed by atoms with Gasteiger partial charge in [-0.15, -0.1) is 5.10 Å². The molecule has 0 aliphatic carbocycles. The molecule has 1 heterocycles. The van der Waals surface area contributed by atoms with Crippen LogP contribution in [0.25, 0.3) is 5.69 Å². The first-order valence-corrected chi connectivity index (χ1v) is 4.39. The van der Waals surface area contributed by atoms with Crippen LogP contribution in [-0.4, -0.2) is 15.0 Å². The first-order chi connectivity index (χ1) is 6.66. The summed E-state index contributed by atoms with van der Waals surface area (Å²) in [5.74, 6) is -0.461. The van der Waals surface area contributed by atoms with Crippen LogP contribution in [0.5, 0.6) is 0 Å². The number of aromatic nitrogens is 3. The predicted octanol–water partition coefficient (Wildman–Crippen LogP) is 2.37. The average molecular weight is 212 g/mol. The van der Waals surface area contributed by atoms with Crippen LogP contribution in [0.3, 0.4) is 0 Å². The lowest BCUT2D eigenvalue weighted by atomic mass is 10.3. The second-order valence-corrected chi connectivity index (χ2v) is 3.31. The molecule has 0 spiro atoms. The minimum Gasteiger partial charge on any atom is -0.220 e. The van der Waals surface area contributed by atoms with E-state index in [2.05, 4.69) is 10.3 Å². The zero-order valence-corrected chi connectivity index (χ0v) is 8.16. The van der Waals surface area contributed by atoms with Crippen LogP contribution in [0.2, 0.25) is 5.02 Å². The number of aryl methyl sites for hydroxylation is 1. The Kier molecular flexibility index (Phi) is 2.21. The number of hydrogen-bond donors (Lipinski definition) is 0. The molecule has 72 valence electrons. The monoisotopic (exact) mass is 211 g/mol. The summed E-state index contributed by atoms with van der Waals surface area (Å²) in [6, 6.07) is 4.49. The molecule has 2 aromatic rings. The van der Waals surface area contributed by atoms with Crippen molar-refractivity contribution in [2.75, 3.05) is 0 Å². The third-order valence-electron chi connectivity index (χ3n) is 1.78. The van der Waals surface area contributed by atoms with Gasteiger partial charge >= 0.3 is 0 Å². The summed E-state index contributed by atoms with van der Waals surface area (Å²) >= 11 is 5.55. The number of hydrogen-bond acceptors (Lipinski definition) is 2. The maximum absolute atomic E-state index is 13.1. The van der Waals surface area contributed by atoms with Gasteiger partial charge in [0.15, 0.2) is 0 Å². The third kappa shape index (κ3) is 1.61. The predicted molar refractivity (Wildman–Crippen MR) is 51.1 cm³/mol. The molecule has 5 heteroatoms. The molecule has 1 aromatic heterocycles. The molecule has 2 rings (SSSR count). The van der Waals surface area contributed by atoms with Crippen LogP contribution >= 0.6 is 11.6 Å². The van der Waals surface area contributed by atoms with Crippen molar-refractivity contribution in [1.29, 1.82) is 0 Å². The molecule has 0 N–H and O–H groups in total. The summed E-state index contributed by atoms with van der Waals surface area (Å²) in [7, 11) is 0. The van der Waals surface area contributed by atoms with E-state index in [9.17, 15) is 4.39 Å². The molecule has 1 aromatic carbocycles. The van der Waals surface area contributed by atoms with Gasteiger partial charge in [-0.3, -0.25) is 0 Å². The van der Waals surface area contributed by atoms with Crippen LogP contribution < -0.4 is 0 Å². The van der Waals surface area contributed by atoms with Crippen LogP contribution in [0, 0.1) is 12.7 Å². The highest BCUT2D eigenvalue weighted by molar-refractivity contribution is 6.30. The van der Waals surface area contributed by atoms with E-state index in [1.807, 2.05) is 6.92 Å². The maximum Gasteiger partial charge on any atom is 0.143 e. The second-order valence-electron chi connectivity index (χ2n) is 2.90. The summed E-state index contributed by atoms with van der Waals surface area (Å²) in [6.45, 7) is 1.82. The van der Waals surface area contributed by atoms with Crippen molar-refractivity contribution in [1.82, 2.24) is 15.0 Å². The van der Waals surface area contributed by atoms with Crippen molar-refractivity contribution >= 4 is 11.6 Å². The number of nitrogens with zero attached hydrogens (tertiary/aromatic N) is 3. The lowest BCUT2D eigenvalue weighted by molar-refractivity contribution is 0.625. The van der Waals surface area contributed by atoms with Crippen molar-refractivity contribution < 1.29 is 4.39 Å². The van der Waals surface area contributed by atoms with Gasteiger partial charge in [-0.05, 0) is 19.1 Å². The van der Waals surface area contributed by atoms with E-state index < -0.39 is 5.82 Å². The van der Waals surface area contributed by atoms with E-state index >= 15 is 0 Å². The van der Waals surface area contributed by atoms with Crippen molar-refractivity contribution in [2.24, 2.45) is 0 Å². The Bertz CT molecular complexity index is 467. The Hall–Kier alpha value is -1.42. The number of benzene rings is 1. The van der Waals surface area contributed by atoms with E-state index in [1.54, 1.807) is 12.3 Å². The van der Waals surface area contributed by atoms with E-state index in [1.165, 1.54) is 16.8 Å². The van der Waals surface area contributed by atoms with Crippen LogP contribution in [0.1, 0.15) is 5.69 Å². The van der Waals surface area contributed by atoms with Gasteiger partial charge in [0.25, 0.3) is 0 Å². The van der Waals surface area contributed by atoms with E-state index in [4.69, 9.17) is 11.6 Å². The topological polar surface area (TPSA) is 30.7 Å². The summed E-state index contributed by atoms with van der Waals surface area (Å²) in [4.78, 5) is 0. The summed E-state index contributed by atoms with van der Waals surface area (Å²) < 4.78 is 14.6. The SMILES string of the molecule is Cc1cn(-c2ccc(Cl)c(F)c2)nn1. The van der Waals surface area contributed by atoms with Crippen molar-refractivity contribution in [2.45, 2.75) is 6.92 Å². The fraction of sp³-hybridized carbons (Fsp3) is 0.111. The second kappa shape index (κ2) is 3.38. The van der Waals surface area contributed by atoms with Gasteiger partial charge in [-0.2, -0.15) is 0 Å². The fourth-order valence-electron chi connectivity index (χ4n) is 1.10. The van der Waals surface area contributed by atoms with Gasteiger partial charge in [0, 0.05) is 6.07 Å². The molecular formula is C9H7ClFN3. The normalized spacial score (nSPS) is 10.5. The van der Waals surface area contributed by atoms with Crippen molar-refractivity contribution in [3.8, 4) is 5.69 Å². The van der Waals surface area contributed by atoms with E-state index in [0.29, 0.717) is 5.69 Å². The zero-order valence-electron chi connectivity index (χ0n) is 7.41. The molecule has 0 bridgehead atoms. The minimum absolute atomic E-state index is 0.102. The van der Waals surface area contributed by atoms with Crippen molar-refractivity contribution in [3.63, 3.8) is 0 Å². The van der Waals surface area contributed by atoms with Gasteiger partial charge in [-0.25, -0.2) is 9.07 Å². The number of rotatable bonds is 1. The molecule has 0 saturated heterocycles. The van der Waals surface area contributed by atoms with Gasteiger partial charge in [0.1, 0.15) is 5.82 Å². The molecule has 3 nitrogen and oxygen atoms in total. The molecule has 0 radical (unpaired) electrons. The molecular weight excluding hydrogens is 205 g/mol. The Labute approximate surface area is 85.1 Å². The average Bonchev–Trinajstić information content (AvgIpc) is 2.57. The highest BCUT2D eigenvalue weighted by Crippen LogP contribution is 2.17. The quantitative estimate of drug-likeness (QED) is 0.725. The minimum atomic E-state index is -0.461. The van der Waals surface area contributed by atoms with Gasteiger partial charge < -0.3 is 0 Å². The van der Waals surface area contributed by atoms with E-state index in [0.717, 1.165) is 5.69 Å². The Morgan fingerprint density at radius 3 is 2.79 bits per heavy atom. The standard InChI is InChI=1S/C9H7ClFN3/c1-6-5-14(13-12-6)7-2-3-8(10)9(11)4-7/h2-5H,1H3. The van der Waals surface area contributed by atoms with Crippen LogP contribution in [-0.2, 0) is 0 Å². The molecule has 0 aliphatic rings. The zero-order chi connectivity index (χ0) is 10.1. The van der Waals surface area contributed by atoms with Crippen molar-refractivity contribution in [3.05, 3.63) is 40.9 Å². The maximum atomic E-state index is 13.1. The molecule has 0 saturated carbocycles. The molecule has 0 aliphatic heterocycles. The first kappa shape index (κ1) is 9.15. The molecule has 0 atom stereocenters. The van der Waals surface area contributed by atoms with E-state index in [-0.39, 0.29) is 5.02 Å². The lowest BCUT2D eigenvalue weighted by Gasteiger charge is -2.00. The smallest absolute Gasteiger partial charge is 0.143 e. The Balaban J connectivity index is 2.47. The largest absolute Gasteiger partial charge is 0.220 e. The number of halogens is 2. The first-order valence-electron chi connectivity index (χ1n) is 4.01. The molecule has 0 unspecified atom stereocenters. The lowest BCUT2D eigenvalue weighted by Crippen LogP contribution is -1.95. The third-order valence-corrected chi connectivity index (χ3v) is 2.08. The summed E-state index contributed by atoms with van der Waals surface area (Å²) in [5.41, 5.74) is 1.38. The molecule has 14 heavy (non-hydrogen) atoms. The Morgan fingerprint density at radius 1 is 1.43 bits per heavy atom. The fourth-order valence-corrected chi connectivity index (χ4v) is 1.22. The summed E-state index contributed by atoms with van der Waals surface area (Å²) in [6.07, 6.45) is 1.71. The van der Waals surface area contributed by atoms with Crippen LogP contribution in [0.15, 0.2) is 24.4 Å². The molecule has 0 amide bonds. The van der Waals surface area contributed by atoms with Gasteiger partial charge in [0.05, 0.1) is 22.6 Å². The highest BCUT2D eigenvalue weighted by Gasteiger charge is 2.03. The van der Waals surface area contributed by atoms with Gasteiger partial charge in [-0.1, -0.05) is 16.8 Å². The van der Waals surface area contributed by atoms with Gasteiger partial charge in [0.2, 0.25) is 0 Å². The van der Waals surface area contributed by atoms with Crippen LogP contribution in [0.4, 0.5) is 4.39 Å². The summed E-state index contributed by atoms with van der Waals surface area (Å²) in [5, 5.41) is 7.72.